The topological polar surface area (TPSA) is 97.8 Å². The van der Waals surface area contributed by atoms with Crippen LogP contribution in [0.3, 0.4) is 0 Å². The Morgan fingerprint density at radius 2 is 1.91 bits per heavy atom. The molecule has 0 radical (unpaired) electrons. The maximum absolute atomic E-state index is 12.4. The number of amides is 1. The second-order valence-electron chi connectivity index (χ2n) is 5.11. The van der Waals surface area contributed by atoms with Crippen LogP contribution in [0.25, 0.3) is 0 Å². The fourth-order valence-electron chi connectivity index (χ4n) is 2.00. The van der Waals surface area contributed by atoms with E-state index < -0.39 is 11.9 Å². The van der Waals surface area contributed by atoms with Gasteiger partial charge in [-0.3, -0.25) is 10.1 Å². The van der Waals surface area contributed by atoms with Gasteiger partial charge in [-0.25, -0.2) is 9.78 Å². The Kier molecular flexibility index (Phi) is 4.22. The van der Waals surface area contributed by atoms with Gasteiger partial charge < -0.3 is 14.6 Å². The maximum Gasteiger partial charge on any atom is 0.349 e. The molecule has 23 heavy (non-hydrogen) atoms. The maximum atomic E-state index is 12.4. The number of nitrogens with zero attached hydrogens (tertiary/aromatic N) is 1. The monoisotopic (exact) mass is 354 g/mol. The molecule has 0 aliphatic carbocycles. The molecule has 0 fully saturated rings. The number of carbonyl (C=O) groups is 2. The van der Waals surface area contributed by atoms with Gasteiger partial charge in [0.15, 0.2) is 21.5 Å². The first kappa shape index (κ1) is 15.8. The second-order valence-corrected chi connectivity index (χ2v) is 6.99. The Balaban J connectivity index is 1.88. The first-order chi connectivity index (χ1) is 11.0. The predicted octanol–water partition coefficient (Wildman–Crippen LogP) is 3.05. The number of nitrogens with one attached hydrogen (secondary N) is 1. The highest BCUT2D eigenvalue weighted by Crippen LogP contribution is 2.44. The van der Waals surface area contributed by atoms with E-state index in [9.17, 15) is 14.7 Å². The highest BCUT2D eigenvalue weighted by molar-refractivity contribution is 7.17. The number of ether oxygens (including phenoxy) is 2. The van der Waals surface area contributed by atoms with Crippen molar-refractivity contribution in [2.24, 2.45) is 0 Å². The largest absolute Gasteiger partial charge is 0.484 e. The minimum absolute atomic E-state index is 0.0353. The highest BCUT2D eigenvalue weighted by Gasteiger charge is 2.31. The zero-order valence-corrected chi connectivity index (χ0v) is 14.0. The number of fused-ring (bicyclic) bond motifs is 1. The van der Waals surface area contributed by atoms with Crippen molar-refractivity contribution in [1.82, 2.24) is 4.98 Å². The van der Waals surface area contributed by atoms with Gasteiger partial charge in [-0.05, 0) is 5.92 Å². The fraction of sp³-hybridized carbons (Fsp3) is 0.357. The molecule has 0 bridgehead atoms. The van der Waals surface area contributed by atoms with Crippen molar-refractivity contribution in [3.05, 3.63) is 20.8 Å². The third kappa shape index (κ3) is 3.02. The molecule has 0 saturated heterocycles. The normalized spacial score (nSPS) is 13.2. The number of aromatic nitrogens is 1. The zero-order chi connectivity index (χ0) is 16.6. The van der Waals surface area contributed by atoms with Crippen LogP contribution in [0.5, 0.6) is 11.5 Å². The van der Waals surface area contributed by atoms with Crippen LogP contribution in [0.4, 0.5) is 5.13 Å². The molecule has 7 nitrogen and oxygen atoms in total. The average molecular weight is 354 g/mol. The van der Waals surface area contributed by atoms with Crippen LogP contribution in [0, 0.1) is 0 Å². The molecule has 2 aromatic heterocycles. The molecular formula is C14H14N2O5S2. The van der Waals surface area contributed by atoms with Gasteiger partial charge in [-0.1, -0.05) is 13.8 Å². The summed E-state index contributed by atoms with van der Waals surface area (Å²) in [6.07, 6.45) is 0. The van der Waals surface area contributed by atoms with E-state index in [0.717, 1.165) is 17.0 Å². The number of rotatable bonds is 4. The number of hydrogen-bond acceptors (Lipinski definition) is 7. The van der Waals surface area contributed by atoms with Crippen LogP contribution in [0.15, 0.2) is 5.38 Å². The third-order valence-corrected chi connectivity index (χ3v) is 5.05. The summed E-state index contributed by atoms with van der Waals surface area (Å²) in [5, 5.41) is 14.3. The summed E-state index contributed by atoms with van der Waals surface area (Å²) in [5.74, 6) is -1.01. The number of thiazole rings is 1. The molecule has 0 spiro atoms. The van der Waals surface area contributed by atoms with Crippen LogP contribution < -0.4 is 14.8 Å². The number of anilines is 1. The van der Waals surface area contributed by atoms with E-state index in [2.05, 4.69) is 10.3 Å². The average Bonchev–Trinajstić information content (AvgIpc) is 3.11. The van der Waals surface area contributed by atoms with Crippen molar-refractivity contribution in [2.75, 3.05) is 18.5 Å². The summed E-state index contributed by atoms with van der Waals surface area (Å²) in [6, 6.07) is 0. The number of carboxylic acids is 1. The molecule has 1 aliphatic heterocycles. The van der Waals surface area contributed by atoms with Gasteiger partial charge in [0.1, 0.15) is 18.1 Å². The smallest absolute Gasteiger partial charge is 0.349 e. The molecule has 0 unspecified atom stereocenters. The molecule has 0 saturated carbocycles. The van der Waals surface area contributed by atoms with Crippen molar-refractivity contribution in [1.29, 1.82) is 0 Å². The van der Waals surface area contributed by atoms with Gasteiger partial charge in [-0.2, -0.15) is 0 Å². The van der Waals surface area contributed by atoms with Gasteiger partial charge in [0.2, 0.25) is 0 Å². The SMILES string of the molecule is CC(C)c1csc(NC(=O)c2sc(C(=O)O)c3c2OCCO3)n1. The summed E-state index contributed by atoms with van der Waals surface area (Å²) in [6.45, 7) is 4.56. The second kappa shape index (κ2) is 6.17. The van der Waals surface area contributed by atoms with E-state index in [1.54, 1.807) is 0 Å². The molecule has 0 atom stereocenters. The number of thiophene rings is 1. The molecule has 9 heteroatoms. The lowest BCUT2D eigenvalue weighted by Gasteiger charge is -2.16. The van der Waals surface area contributed by atoms with Gasteiger partial charge >= 0.3 is 5.97 Å². The molecule has 122 valence electrons. The van der Waals surface area contributed by atoms with Crippen molar-refractivity contribution in [3.63, 3.8) is 0 Å². The summed E-state index contributed by atoms with van der Waals surface area (Å²) in [4.78, 5) is 28.2. The Labute approximate surface area is 139 Å². The molecule has 2 aromatic rings. The number of hydrogen-bond donors (Lipinski definition) is 2. The molecule has 0 aromatic carbocycles. The van der Waals surface area contributed by atoms with E-state index in [-0.39, 0.29) is 40.4 Å². The lowest BCUT2D eigenvalue weighted by molar-refractivity contribution is 0.0692. The first-order valence-electron chi connectivity index (χ1n) is 6.89. The fourth-order valence-corrected chi connectivity index (χ4v) is 3.79. The van der Waals surface area contributed by atoms with Crippen LogP contribution in [0.1, 0.15) is 44.8 Å². The Morgan fingerprint density at radius 3 is 2.48 bits per heavy atom. The van der Waals surface area contributed by atoms with Gasteiger partial charge in [0.25, 0.3) is 5.91 Å². The lowest BCUT2D eigenvalue weighted by Crippen LogP contribution is -2.18. The molecular weight excluding hydrogens is 340 g/mol. The van der Waals surface area contributed by atoms with E-state index in [0.29, 0.717) is 5.13 Å². The third-order valence-electron chi connectivity index (χ3n) is 3.13. The molecule has 2 N–H and O–H groups in total. The predicted molar refractivity (Wildman–Crippen MR) is 86.4 cm³/mol. The van der Waals surface area contributed by atoms with Crippen molar-refractivity contribution in [2.45, 2.75) is 19.8 Å². The highest BCUT2D eigenvalue weighted by atomic mass is 32.1. The van der Waals surface area contributed by atoms with Gasteiger partial charge in [-0.15, -0.1) is 22.7 Å². The van der Waals surface area contributed by atoms with Crippen molar-refractivity contribution >= 4 is 39.7 Å². The zero-order valence-electron chi connectivity index (χ0n) is 12.4. The van der Waals surface area contributed by atoms with Crippen LogP contribution in [-0.4, -0.2) is 35.2 Å². The van der Waals surface area contributed by atoms with Crippen molar-refractivity contribution < 1.29 is 24.2 Å². The molecule has 3 rings (SSSR count). The Bertz CT molecular complexity index is 765. The van der Waals surface area contributed by atoms with E-state index >= 15 is 0 Å². The van der Waals surface area contributed by atoms with Crippen molar-refractivity contribution in [3.8, 4) is 11.5 Å². The van der Waals surface area contributed by atoms with E-state index in [1.165, 1.54) is 11.3 Å². The number of aromatic carboxylic acids is 1. The summed E-state index contributed by atoms with van der Waals surface area (Å²) in [5.41, 5.74) is 0.893. The molecule has 1 aliphatic rings. The number of carboxylic acid groups (broad SMARTS) is 1. The molecule has 1 amide bonds. The van der Waals surface area contributed by atoms with Gasteiger partial charge in [0, 0.05) is 5.38 Å². The van der Waals surface area contributed by atoms with E-state index in [4.69, 9.17) is 9.47 Å². The number of carbonyl (C=O) groups excluding carboxylic acids is 1. The Hall–Kier alpha value is -2.13. The lowest BCUT2D eigenvalue weighted by atomic mass is 10.2. The Morgan fingerprint density at radius 1 is 1.26 bits per heavy atom. The minimum Gasteiger partial charge on any atom is -0.484 e. The van der Waals surface area contributed by atoms with Crippen LogP contribution >= 0.6 is 22.7 Å². The van der Waals surface area contributed by atoms with E-state index in [1.807, 2.05) is 19.2 Å². The molecule has 3 heterocycles. The van der Waals surface area contributed by atoms with Gasteiger partial charge in [0.05, 0.1) is 5.69 Å². The minimum atomic E-state index is -1.15. The summed E-state index contributed by atoms with van der Waals surface area (Å²) < 4.78 is 10.8. The summed E-state index contributed by atoms with van der Waals surface area (Å²) in [7, 11) is 0. The summed E-state index contributed by atoms with van der Waals surface area (Å²) >= 11 is 2.16. The van der Waals surface area contributed by atoms with Crippen LogP contribution in [-0.2, 0) is 0 Å². The first-order valence-corrected chi connectivity index (χ1v) is 8.59. The van der Waals surface area contributed by atoms with Crippen LogP contribution in [0.2, 0.25) is 0 Å². The standard InChI is InChI=1S/C14H14N2O5S2/c1-6(2)7-5-22-14(15-7)16-12(17)10-8-9(21-4-3-20-8)11(23-10)13(18)19/h5-6H,3-4H2,1-2H3,(H,18,19)(H,15,16,17). The quantitative estimate of drug-likeness (QED) is 0.876.